The molecule has 0 aliphatic carbocycles. The number of nitrogens with zero attached hydrogens (tertiary/aromatic N) is 2. The predicted molar refractivity (Wildman–Crippen MR) is 194 cm³/mol. The molecule has 2 heterocycles. The summed E-state index contributed by atoms with van der Waals surface area (Å²) in [6.07, 6.45) is 1.75. The van der Waals surface area contributed by atoms with Gasteiger partial charge in [-0.3, -0.25) is 9.36 Å². The lowest BCUT2D eigenvalue weighted by atomic mass is 9.95. The first kappa shape index (κ1) is 34.3. The quantitative estimate of drug-likeness (QED) is 0.138. The molecular weight excluding hydrogens is 683 g/mol. The summed E-state index contributed by atoms with van der Waals surface area (Å²) in [6.45, 7) is 7.75. The first-order chi connectivity index (χ1) is 23.6. The Morgan fingerprint density at radius 2 is 1.78 bits per heavy atom. The number of carbonyl (C=O) groups excluding carboxylic acids is 1. The van der Waals surface area contributed by atoms with E-state index < -0.39 is 12.0 Å². The minimum atomic E-state index is -0.822. The Morgan fingerprint density at radius 3 is 2.51 bits per heavy atom. The van der Waals surface area contributed by atoms with Crippen LogP contribution in [-0.4, -0.2) is 30.4 Å². The second-order valence-corrected chi connectivity index (χ2v) is 13.4. The summed E-state index contributed by atoms with van der Waals surface area (Å²) in [6, 6.07) is 21.7. The highest BCUT2D eigenvalue weighted by atomic mass is 35.5. The van der Waals surface area contributed by atoms with Crippen molar-refractivity contribution in [1.82, 2.24) is 4.57 Å². The lowest BCUT2D eigenvalue weighted by Crippen LogP contribution is -2.40. The molecule has 0 spiro atoms. The van der Waals surface area contributed by atoms with Crippen LogP contribution in [0.5, 0.6) is 17.2 Å². The van der Waals surface area contributed by atoms with Gasteiger partial charge < -0.3 is 18.9 Å². The zero-order valence-electron chi connectivity index (χ0n) is 27.6. The van der Waals surface area contributed by atoms with Gasteiger partial charge in [0.25, 0.3) is 5.56 Å². The van der Waals surface area contributed by atoms with Crippen LogP contribution in [0.3, 0.4) is 0 Å². The summed E-state index contributed by atoms with van der Waals surface area (Å²) < 4.78 is 25.4. The number of benzene rings is 4. The molecule has 0 fully saturated rings. The minimum absolute atomic E-state index is 0.0819. The number of esters is 1. The average Bonchev–Trinajstić information content (AvgIpc) is 3.38. The molecule has 8 nitrogen and oxygen atoms in total. The van der Waals surface area contributed by atoms with Gasteiger partial charge in [-0.05, 0) is 86.0 Å². The molecule has 49 heavy (non-hydrogen) atoms. The molecule has 0 radical (unpaired) electrons. The van der Waals surface area contributed by atoms with Crippen LogP contribution in [0.1, 0.15) is 50.4 Å². The molecule has 11 heteroatoms. The Hall–Kier alpha value is -4.57. The van der Waals surface area contributed by atoms with Crippen molar-refractivity contribution in [3.8, 4) is 17.2 Å². The summed E-state index contributed by atoms with van der Waals surface area (Å²) in [5.74, 6) is 1.07. The number of halogens is 2. The molecule has 5 aromatic rings. The Balaban J connectivity index is 1.52. The molecule has 1 aliphatic heterocycles. The van der Waals surface area contributed by atoms with Crippen molar-refractivity contribution in [3.63, 3.8) is 0 Å². The number of fused-ring (bicyclic) bond motifs is 2. The fourth-order valence-electron chi connectivity index (χ4n) is 5.78. The van der Waals surface area contributed by atoms with Gasteiger partial charge in [-0.2, -0.15) is 0 Å². The van der Waals surface area contributed by atoms with Crippen LogP contribution in [-0.2, 0) is 16.1 Å². The number of rotatable bonds is 10. The van der Waals surface area contributed by atoms with Crippen molar-refractivity contribution in [2.75, 3.05) is 13.7 Å². The Labute approximate surface area is 297 Å². The third-order valence-corrected chi connectivity index (χ3v) is 9.69. The molecule has 1 aromatic heterocycles. The summed E-state index contributed by atoms with van der Waals surface area (Å²) in [4.78, 5) is 33.1. The number of allylic oxidation sites excluding steroid dienone is 1. The third-order valence-electron chi connectivity index (χ3n) is 7.97. The molecule has 0 saturated heterocycles. The molecule has 1 atom stereocenters. The number of aromatic nitrogens is 1. The van der Waals surface area contributed by atoms with Gasteiger partial charge in [0.2, 0.25) is 0 Å². The maximum Gasteiger partial charge on any atom is 0.338 e. The number of thiazole rings is 1. The number of hydrogen-bond acceptors (Lipinski definition) is 8. The van der Waals surface area contributed by atoms with Crippen LogP contribution in [0.25, 0.3) is 16.8 Å². The molecular formula is C38H34Cl2N2O6S. The van der Waals surface area contributed by atoms with E-state index in [4.69, 9.17) is 47.1 Å². The van der Waals surface area contributed by atoms with E-state index in [1.807, 2.05) is 68.5 Å². The van der Waals surface area contributed by atoms with E-state index in [-0.39, 0.29) is 30.5 Å². The van der Waals surface area contributed by atoms with Gasteiger partial charge in [0.15, 0.2) is 16.3 Å². The van der Waals surface area contributed by atoms with E-state index >= 15 is 0 Å². The molecule has 252 valence electrons. The standard InChI is InChI=1S/C38H34Cl2N2O6S/c1-6-46-37(44)34-22(4)41-38-42(35(34)25-13-16-31(48-21(2)3)32(18-25)45-5)36(43)33(49-38)19-27-26-10-8-7-9-24(26)12-15-30(27)47-20-23-11-14-28(39)29(40)17-23/h7-19,21,35H,6,20H2,1-5H3/b33-19+/t35-/m1/s1. The molecule has 0 saturated carbocycles. The molecule has 0 amide bonds. The molecule has 6 rings (SSSR count). The number of hydrogen-bond donors (Lipinski definition) is 0. The third kappa shape index (κ3) is 6.97. The molecule has 0 N–H and O–H groups in total. The average molecular weight is 718 g/mol. The highest BCUT2D eigenvalue weighted by Crippen LogP contribution is 2.37. The van der Waals surface area contributed by atoms with Crippen LogP contribution >= 0.6 is 34.5 Å². The second-order valence-electron chi connectivity index (χ2n) is 11.6. The van der Waals surface area contributed by atoms with Crippen molar-refractivity contribution in [2.24, 2.45) is 4.99 Å². The zero-order valence-corrected chi connectivity index (χ0v) is 29.9. The van der Waals surface area contributed by atoms with Gasteiger partial charge in [0, 0.05) is 5.56 Å². The van der Waals surface area contributed by atoms with Crippen LogP contribution in [0.15, 0.2) is 93.9 Å². The molecule has 4 aromatic carbocycles. The topological polar surface area (TPSA) is 88.4 Å². The lowest BCUT2D eigenvalue weighted by Gasteiger charge is -2.25. The zero-order chi connectivity index (χ0) is 34.8. The van der Waals surface area contributed by atoms with Gasteiger partial charge in [-0.15, -0.1) is 0 Å². The Morgan fingerprint density at radius 1 is 1.00 bits per heavy atom. The van der Waals surface area contributed by atoms with Gasteiger partial charge in [-0.1, -0.05) is 77.0 Å². The molecule has 0 bridgehead atoms. The first-order valence-corrected chi connectivity index (χ1v) is 17.3. The van der Waals surface area contributed by atoms with Crippen LogP contribution in [0.4, 0.5) is 0 Å². The van der Waals surface area contributed by atoms with Crippen molar-refractivity contribution < 1.29 is 23.7 Å². The lowest BCUT2D eigenvalue weighted by molar-refractivity contribution is -0.139. The van der Waals surface area contributed by atoms with Crippen LogP contribution in [0, 0.1) is 0 Å². The van der Waals surface area contributed by atoms with E-state index in [1.54, 1.807) is 49.8 Å². The molecule has 0 unspecified atom stereocenters. The van der Waals surface area contributed by atoms with Gasteiger partial charge in [-0.25, -0.2) is 9.79 Å². The number of methoxy groups -OCH3 is 1. The number of ether oxygens (including phenoxy) is 4. The van der Waals surface area contributed by atoms with Gasteiger partial charge in [0.05, 0.1) is 51.7 Å². The summed E-state index contributed by atoms with van der Waals surface area (Å²) in [7, 11) is 1.55. The fraction of sp³-hybridized carbons (Fsp3) is 0.237. The van der Waals surface area contributed by atoms with Crippen molar-refractivity contribution in [3.05, 3.63) is 130 Å². The van der Waals surface area contributed by atoms with E-state index in [2.05, 4.69) is 0 Å². The van der Waals surface area contributed by atoms with E-state index in [0.29, 0.717) is 47.9 Å². The largest absolute Gasteiger partial charge is 0.493 e. The second kappa shape index (κ2) is 14.5. The minimum Gasteiger partial charge on any atom is -0.493 e. The maximum absolute atomic E-state index is 14.5. The maximum atomic E-state index is 14.5. The normalized spacial score (nSPS) is 14.5. The summed E-state index contributed by atoms with van der Waals surface area (Å²) >= 11 is 13.6. The SMILES string of the molecule is CCOC(=O)C1=C(C)N=c2s/c(=C/c3c(OCc4ccc(Cl)c(Cl)c4)ccc4ccccc34)c(=O)n2[C@@H]1c1ccc(OC(C)C)c(OC)c1. The van der Waals surface area contributed by atoms with Crippen molar-refractivity contribution >= 4 is 57.4 Å². The smallest absolute Gasteiger partial charge is 0.338 e. The van der Waals surface area contributed by atoms with Gasteiger partial charge in [0.1, 0.15) is 12.4 Å². The summed E-state index contributed by atoms with van der Waals surface area (Å²) in [5.41, 5.74) is 2.65. The van der Waals surface area contributed by atoms with E-state index in [9.17, 15) is 9.59 Å². The predicted octanol–water partition coefficient (Wildman–Crippen LogP) is 7.63. The Kier molecular flexibility index (Phi) is 10.2. The first-order valence-electron chi connectivity index (χ1n) is 15.7. The number of carbonyl (C=O) groups is 1. The monoisotopic (exact) mass is 716 g/mol. The van der Waals surface area contributed by atoms with Crippen LogP contribution < -0.4 is 29.1 Å². The fourth-order valence-corrected chi connectivity index (χ4v) is 7.13. The van der Waals surface area contributed by atoms with Crippen molar-refractivity contribution in [1.29, 1.82) is 0 Å². The Bertz CT molecular complexity index is 2290. The van der Waals surface area contributed by atoms with Crippen molar-refractivity contribution in [2.45, 2.75) is 46.4 Å². The molecule has 1 aliphatic rings. The highest BCUT2D eigenvalue weighted by Gasteiger charge is 2.34. The van der Waals surface area contributed by atoms with Crippen LogP contribution in [0.2, 0.25) is 10.0 Å². The van der Waals surface area contributed by atoms with Gasteiger partial charge >= 0.3 is 5.97 Å². The highest BCUT2D eigenvalue weighted by molar-refractivity contribution is 7.07. The summed E-state index contributed by atoms with van der Waals surface area (Å²) in [5, 5.41) is 2.79. The van der Waals surface area contributed by atoms with E-state index in [0.717, 1.165) is 21.9 Å². The van der Waals surface area contributed by atoms with E-state index in [1.165, 1.54) is 11.3 Å².